The van der Waals surface area contributed by atoms with Gasteiger partial charge in [0.15, 0.2) is 0 Å². The molecule has 0 unspecified atom stereocenters. The Labute approximate surface area is 250 Å². The van der Waals surface area contributed by atoms with E-state index in [0.29, 0.717) is 32.8 Å². The Morgan fingerprint density at radius 1 is 0.846 bits per heavy atom. The second kappa shape index (κ2) is 15.0. The molecule has 1 aliphatic carbocycles. The Morgan fingerprint density at radius 3 is 2.18 bits per heavy atom. The summed E-state index contributed by atoms with van der Waals surface area (Å²) in [7, 11) is 0. The second-order valence-corrected chi connectivity index (χ2v) is 12.1. The van der Waals surface area contributed by atoms with E-state index in [4.69, 9.17) is 34.8 Å². The predicted molar refractivity (Wildman–Crippen MR) is 164 cm³/mol. The molecule has 0 spiro atoms. The Balaban J connectivity index is 1.60. The van der Waals surface area contributed by atoms with E-state index in [1.54, 1.807) is 23.1 Å². The Morgan fingerprint density at radius 2 is 1.51 bits per heavy atom. The van der Waals surface area contributed by atoms with Crippen molar-refractivity contribution in [3.05, 3.63) is 105 Å². The number of hydrogen-bond acceptors (Lipinski definition) is 3. The summed E-state index contributed by atoms with van der Waals surface area (Å²) in [6, 6.07) is 22.1. The van der Waals surface area contributed by atoms with Crippen molar-refractivity contribution in [2.75, 3.05) is 5.75 Å². The minimum Gasteiger partial charge on any atom is -0.352 e. The third-order valence-electron chi connectivity index (χ3n) is 7.02. The lowest BCUT2D eigenvalue weighted by Crippen LogP contribution is -2.53. The number of halogens is 3. The molecule has 1 fully saturated rings. The lowest BCUT2D eigenvalue weighted by atomic mass is 9.94. The average molecular weight is 604 g/mol. The first-order valence-electron chi connectivity index (χ1n) is 13.3. The number of benzene rings is 3. The van der Waals surface area contributed by atoms with Crippen LogP contribution in [0.5, 0.6) is 0 Å². The fraction of sp³-hybridized carbons (Fsp3) is 0.355. The van der Waals surface area contributed by atoms with Gasteiger partial charge in [0.25, 0.3) is 0 Å². The quantitative estimate of drug-likeness (QED) is 0.242. The van der Waals surface area contributed by atoms with Crippen molar-refractivity contribution in [3.8, 4) is 0 Å². The third-order valence-corrected chi connectivity index (χ3v) is 8.97. The number of thioether (sulfide) groups is 1. The van der Waals surface area contributed by atoms with E-state index in [2.05, 4.69) is 5.32 Å². The van der Waals surface area contributed by atoms with E-state index in [-0.39, 0.29) is 30.2 Å². The molecular formula is C31H33Cl3N2O2S. The number of carbonyl (C=O) groups is 2. The maximum absolute atomic E-state index is 13.9. The molecule has 8 heteroatoms. The molecule has 0 bridgehead atoms. The second-order valence-electron chi connectivity index (χ2n) is 9.89. The summed E-state index contributed by atoms with van der Waals surface area (Å²) in [6.45, 7) is 0.147. The molecule has 0 saturated heterocycles. The molecule has 1 atom stereocenters. The zero-order valence-electron chi connectivity index (χ0n) is 21.8. The number of rotatable bonds is 11. The van der Waals surface area contributed by atoms with Crippen LogP contribution < -0.4 is 5.32 Å². The molecule has 3 aromatic carbocycles. The number of nitrogens with one attached hydrogen (secondary N) is 1. The first-order chi connectivity index (χ1) is 18.9. The van der Waals surface area contributed by atoms with Crippen LogP contribution in [0.4, 0.5) is 0 Å². The summed E-state index contributed by atoms with van der Waals surface area (Å²) < 4.78 is 0. The Kier molecular flexibility index (Phi) is 11.5. The molecule has 4 rings (SSSR count). The van der Waals surface area contributed by atoms with Gasteiger partial charge >= 0.3 is 0 Å². The molecular weight excluding hydrogens is 571 g/mol. The first-order valence-corrected chi connectivity index (χ1v) is 15.6. The molecule has 3 aromatic rings. The van der Waals surface area contributed by atoms with Crippen LogP contribution in [0.1, 0.15) is 48.8 Å². The van der Waals surface area contributed by atoms with E-state index in [1.807, 2.05) is 54.6 Å². The van der Waals surface area contributed by atoms with Crippen LogP contribution in [0.3, 0.4) is 0 Å². The van der Waals surface area contributed by atoms with Crippen molar-refractivity contribution in [2.45, 2.75) is 62.9 Å². The van der Waals surface area contributed by atoms with Gasteiger partial charge in [0.1, 0.15) is 6.04 Å². The fourth-order valence-electron chi connectivity index (χ4n) is 4.87. The topological polar surface area (TPSA) is 49.4 Å². The maximum Gasteiger partial charge on any atom is 0.243 e. The maximum atomic E-state index is 13.9. The molecule has 0 heterocycles. The van der Waals surface area contributed by atoms with Gasteiger partial charge in [-0.1, -0.05) is 103 Å². The third kappa shape index (κ3) is 8.91. The van der Waals surface area contributed by atoms with Gasteiger partial charge in [-0.2, -0.15) is 0 Å². The SMILES string of the molecule is O=C(NC1CCCCC1)[C@H](Cc1ccccc1)N(Cc1c(Cl)cccc1Cl)C(=O)CSCc1ccc(Cl)cc1. The van der Waals surface area contributed by atoms with E-state index >= 15 is 0 Å². The van der Waals surface area contributed by atoms with Gasteiger partial charge in [-0.15, -0.1) is 11.8 Å². The molecule has 0 radical (unpaired) electrons. The Bertz CT molecular complexity index is 1210. The van der Waals surface area contributed by atoms with E-state index in [1.165, 1.54) is 18.2 Å². The van der Waals surface area contributed by atoms with Gasteiger partial charge in [0.2, 0.25) is 11.8 Å². The molecule has 0 aliphatic heterocycles. The normalized spacial score (nSPS) is 14.5. The molecule has 1 N–H and O–H groups in total. The van der Waals surface area contributed by atoms with E-state index < -0.39 is 6.04 Å². The number of hydrogen-bond donors (Lipinski definition) is 1. The van der Waals surface area contributed by atoms with Crippen molar-refractivity contribution < 1.29 is 9.59 Å². The van der Waals surface area contributed by atoms with Crippen molar-refractivity contribution >= 4 is 58.4 Å². The summed E-state index contributed by atoms with van der Waals surface area (Å²) in [4.78, 5) is 29.4. The highest BCUT2D eigenvalue weighted by Crippen LogP contribution is 2.28. The van der Waals surface area contributed by atoms with Crippen molar-refractivity contribution in [1.29, 1.82) is 0 Å². The van der Waals surface area contributed by atoms with Crippen LogP contribution in [0, 0.1) is 0 Å². The number of carbonyl (C=O) groups excluding carboxylic acids is 2. The first kappa shape index (κ1) is 29.8. The summed E-state index contributed by atoms with van der Waals surface area (Å²) in [5.41, 5.74) is 2.70. The van der Waals surface area contributed by atoms with Crippen LogP contribution >= 0.6 is 46.6 Å². The van der Waals surface area contributed by atoms with Crippen LogP contribution in [-0.4, -0.2) is 34.6 Å². The van der Waals surface area contributed by atoms with Gasteiger partial charge in [-0.05, 0) is 48.2 Å². The van der Waals surface area contributed by atoms with Crippen LogP contribution in [0.2, 0.25) is 15.1 Å². The van der Waals surface area contributed by atoms with Crippen LogP contribution in [0.15, 0.2) is 72.8 Å². The zero-order chi connectivity index (χ0) is 27.6. The highest BCUT2D eigenvalue weighted by atomic mass is 35.5. The summed E-state index contributed by atoms with van der Waals surface area (Å²) in [5, 5.41) is 4.88. The zero-order valence-corrected chi connectivity index (χ0v) is 24.8. The smallest absolute Gasteiger partial charge is 0.243 e. The lowest BCUT2D eigenvalue weighted by molar-refractivity contribution is -0.139. The number of amides is 2. The van der Waals surface area contributed by atoms with Gasteiger partial charge < -0.3 is 10.2 Å². The summed E-state index contributed by atoms with van der Waals surface area (Å²) in [6.07, 6.45) is 5.73. The minimum atomic E-state index is -0.703. The molecule has 2 amide bonds. The van der Waals surface area contributed by atoms with Crippen molar-refractivity contribution in [1.82, 2.24) is 10.2 Å². The van der Waals surface area contributed by atoms with Crippen LogP contribution in [0.25, 0.3) is 0 Å². The van der Waals surface area contributed by atoms with Gasteiger partial charge in [-0.25, -0.2) is 0 Å². The standard InChI is InChI=1S/C31H33Cl3N2O2S/c32-24-16-14-23(15-17-24)20-39-21-30(37)36(19-26-27(33)12-7-13-28(26)34)29(18-22-8-3-1-4-9-22)31(38)35-25-10-5-2-6-11-25/h1,3-4,7-9,12-17,25,29H,2,5-6,10-11,18-21H2,(H,35,38)/t29-/m0/s1. The largest absolute Gasteiger partial charge is 0.352 e. The molecule has 206 valence electrons. The summed E-state index contributed by atoms with van der Waals surface area (Å²) in [5.74, 6) is 0.600. The minimum absolute atomic E-state index is 0.129. The van der Waals surface area contributed by atoms with Crippen molar-refractivity contribution in [3.63, 3.8) is 0 Å². The molecule has 1 saturated carbocycles. The van der Waals surface area contributed by atoms with E-state index in [9.17, 15) is 9.59 Å². The lowest BCUT2D eigenvalue weighted by Gasteiger charge is -2.34. The van der Waals surface area contributed by atoms with Gasteiger partial charge in [0.05, 0.1) is 5.75 Å². The molecule has 0 aromatic heterocycles. The summed E-state index contributed by atoms with van der Waals surface area (Å²) >= 11 is 20.6. The van der Waals surface area contributed by atoms with E-state index in [0.717, 1.165) is 36.8 Å². The molecule has 39 heavy (non-hydrogen) atoms. The Hall–Kier alpha value is -2.18. The fourth-order valence-corrected chi connectivity index (χ4v) is 6.39. The highest BCUT2D eigenvalue weighted by Gasteiger charge is 2.32. The molecule has 1 aliphatic rings. The van der Waals surface area contributed by atoms with Gasteiger partial charge in [-0.3, -0.25) is 9.59 Å². The van der Waals surface area contributed by atoms with Crippen LogP contribution in [-0.2, 0) is 28.3 Å². The monoisotopic (exact) mass is 602 g/mol. The highest BCUT2D eigenvalue weighted by molar-refractivity contribution is 7.99. The average Bonchev–Trinajstić information content (AvgIpc) is 2.94. The van der Waals surface area contributed by atoms with Gasteiger partial charge in [0, 0.05) is 45.4 Å². The predicted octanol–water partition coefficient (Wildman–Crippen LogP) is 7.97. The number of nitrogens with zero attached hydrogens (tertiary/aromatic N) is 1. The van der Waals surface area contributed by atoms with Crippen molar-refractivity contribution in [2.24, 2.45) is 0 Å². The molecule has 4 nitrogen and oxygen atoms in total.